The summed E-state index contributed by atoms with van der Waals surface area (Å²) in [5, 5.41) is 10.1. The van der Waals surface area contributed by atoms with Crippen molar-refractivity contribution in [3.63, 3.8) is 0 Å². The van der Waals surface area contributed by atoms with Crippen molar-refractivity contribution in [2.24, 2.45) is 23.3 Å². The summed E-state index contributed by atoms with van der Waals surface area (Å²) in [6.45, 7) is 1.82. The van der Waals surface area contributed by atoms with E-state index in [-0.39, 0.29) is 49.5 Å². The molecule has 6 nitrogen and oxygen atoms in total. The lowest BCUT2D eigenvalue weighted by Crippen LogP contribution is -2.39. The van der Waals surface area contributed by atoms with E-state index in [0.717, 1.165) is 17.7 Å². The average Bonchev–Trinajstić information content (AvgIpc) is 2.71. The Labute approximate surface area is 202 Å². The monoisotopic (exact) mass is 506 g/mol. The largest absolute Gasteiger partial charge is 0.416 e. The van der Waals surface area contributed by atoms with E-state index >= 15 is 0 Å². The number of carbonyl (C=O) groups excluding carboxylic acids is 2. The molecule has 0 spiro atoms. The van der Waals surface area contributed by atoms with Crippen molar-refractivity contribution in [3.8, 4) is 0 Å². The zero-order chi connectivity index (χ0) is 23.2. The number of primary amides is 1. The summed E-state index contributed by atoms with van der Waals surface area (Å²) >= 11 is 0. The van der Waals surface area contributed by atoms with E-state index in [9.17, 15) is 22.8 Å². The number of hydrogen-bond donors (Lipinski definition) is 4. The third-order valence-corrected chi connectivity index (χ3v) is 5.14. The maximum atomic E-state index is 12.7. The number of aryl methyl sites for hydroxylation is 1. The molecule has 6 N–H and O–H groups in total. The van der Waals surface area contributed by atoms with Crippen molar-refractivity contribution in [1.82, 2.24) is 5.32 Å². The van der Waals surface area contributed by atoms with Crippen molar-refractivity contribution < 1.29 is 22.8 Å². The van der Waals surface area contributed by atoms with Crippen LogP contribution < -0.4 is 16.8 Å². The summed E-state index contributed by atoms with van der Waals surface area (Å²) in [6, 6.07) is 11.5. The van der Waals surface area contributed by atoms with Crippen molar-refractivity contribution in [3.05, 3.63) is 70.8 Å². The van der Waals surface area contributed by atoms with Gasteiger partial charge in [0.05, 0.1) is 5.56 Å². The Balaban J connectivity index is 0.00000512. The van der Waals surface area contributed by atoms with Crippen LogP contribution in [0.5, 0.6) is 0 Å². The third-order valence-electron chi connectivity index (χ3n) is 5.14. The fourth-order valence-electron chi connectivity index (χ4n) is 3.16. The number of rotatable bonds is 9. The summed E-state index contributed by atoms with van der Waals surface area (Å²) in [7, 11) is 0. The Morgan fingerprint density at radius 3 is 1.94 bits per heavy atom. The number of carbonyl (C=O) groups is 2. The van der Waals surface area contributed by atoms with Gasteiger partial charge in [0.2, 0.25) is 11.8 Å². The van der Waals surface area contributed by atoms with Crippen LogP contribution >= 0.6 is 24.8 Å². The highest BCUT2D eigenvalue weighted by atomic mass is 35.5. The van der Waals surface area contributed by atoms with Gasteiger partial charge in [-0.1, -0.05) is 43.3 Å². The zero-order valence-electron chi connectivity index (χ0n) is 17.8. The van der Waals surface area contributed by atoms with Crippen molar-refractivity contribution in [2.75, 3.05) is 0 Å². The maximum Gasteiger partial charge on any atom is 0.416 e. The summed E-state index contributed by atoms with van der Waals surface area (Å²) in [4.78, 5) is 24.4. The number of alkyl halides is 3. The van der Waals surface area contributed by atoms with E-state index in [1.165, 1.54) is 12.1 Å². The van der Waals surface area contributed by atoms with E-state index in [0.29, 0.717) is 17.5 Å². The molecular weight excluding hydrogens is 480 g/mol. The first kappa shape index (κ1) is 30.2. The van der Waals surface area contributed by atoms with Gasteiger partial charge in [-0.15, -0.1) is 24.8 Å². The quantitative estimate of drug-likeness (QED) is 0.305. The first-order chi connectivity index (χ1) is 14.5. The molecule has 0 aliphatic heterocycles. The minimum Gasteiger partial charge on any atom is -0.384 e. The Morgan fingerprint density at radius 1 is 0.970 bits per heavy atom. The van der Waals surface area contributed by atoms with Crippen LogP contribution in [0, 0.1) is 17.2 Å². The predicted octanol–water partition coefficient (Wildman–Crippen LogP) is 3.82. The number of amidine groups is 1. The Bertz CT molecular complexity index is 936. The number of nitrogens with two attached hydrogens (primary N) is 2. The molecule has 2 rings (SSSR count). The van der Waals surface area contributed by atoms with Crippen molar-refractivity contribution in [1.29, 1.82) is 5.41 Å². The molecule has 0 saturated heterocycles. The highest BCUT2D eigenvalue weighted by molar-refractivity contribution is 5.94. The molecular formula is C22H27Cl2F3N4O2. The van der Waals surface area contributed by atoms with Gasteiger partial charge in [0.1, 0.15) is 5.84 Å². The van der Waals surface area contributed by atoms with Crippen LogP contribution in [0.3, 0.4) is 0 Å². The van der Waals surface area contributed by atoms with Gasteiger partial charge < -0.3 is 16.8 Å². The molecule has 0 saturated carbocycles. The SMILES string of the molecule is C[C@H](C(=O)NCc1ccc(C(=N)N)cc1)C(CCc1ccc(C(F)(F)F)cc1)C(N)=O.Cl.Cl. The number of nitrogen functional groups attached to an aromatic ring is 1. The van der Waals surface area contributed by atoms with E-state index < -0.39 is 29.5 Å². The second-order valence-electron chi connectivity index (χ2n) is 7.36. The highest BCUT2D eigenvalue weighted by Crippen LogP contribution is 2.29. The molecule has 2 amide bonds. The number of benzene rings is 2. The van der Waals surface area contributed by atoms with E-state index in [1.54, 1.807) is 31.2 Å². The Morgan fingerprint density at radius 2 is 1.48 bits per heavy atom. The molecule has 0 aromatic heterocycles. The molecule has 182 valence electrons. The lowest BCUT2D eigenvalue weighted by molar-refractivity contribution is -0.137. The van der Waals surface area contributed by atoms with Crippen LogP contribution in [0.2, 0.25) is 0 Å². The molecule has 0 aliphatic rings. The van der Waals surface area contributed by atoms with Gasteiger partial charge in [0, 0.05) is 23.9 Å². The molecule has 0 aliphatic carbocycles. The molecule has 0 radical (unpaired) electrons. The van der Waals surface area contributed by atoms with Crippen molar-refractivity contribution in [2.45, 2.75) is 32.5 Å². The third kappa shape index (κ3) is 8.94. The molecule has 0 fully saturated rings. The van der Waals surface area contributed by atoms with Crippen LogP contribution in [0.25, 0.3) is 0 Å². The topological polar surface area (TPSA) is 122 Å². The summed E-state index contributed by atoms with van der Waals surface area (Å²) in [6.07, 6.45) is -3.86. The van der Waals surface area contributed by atoms with Gasteiger partial charge in [-0.05, 0) is 36.1 Å². The minimum absolute atomic E-state index is 0. The predicted molar refractivity (Wildman–Crippen MR) is 125 cm³/mol. The van der Waals surface area contributed by atoms with Crippen molar-refractivity contribution >= 4 is 42.5 Å². The normalized spacial score (nSPS) is 12.5. The Hall–Kier alpha value is -2.78. The number of hydrogen-bond acceptors (Lipinski definition) is 3. The van der Waals surface area contributed by atoms with Crippen LogP contribution in [0.15, 0.2) is 48.5 Å². The maximum absolute atomic E-state index is 12.7. The fraction of sp³-hybridized carbons (Fsp3) is 0.318. The second-order valence-corrected chi connectivity index (χ2v) is 7.36. The lowest BCUT2D eigenvalue weighted by atomic mass is 9.87. The van der Waals surface area contributed by atoms with Crippen LogP contribution in [-0.2, 0) is 28.7 Å². The molecule has 33 heavy (non-hydrogen) atoms. The van der Waals surface area contributed by atoms with Gasteiger partial charge in [0.15, 0.2) is 0 Å². The molecule has 2 atom stereocenters. The number of nitrogens with one attached hydrogen (secondary N) is 2. The summed E-state index contributed by atoms with van der Waals surface area (Å²) < 4.78 is 38.0. The molecule has 1 unspecified atom stereocenters. The highest BCUT2D eigenvalue weighted by Gasteiger charge is 2.30. The lowest BCUT2D eigenvalue weighted by Gasteiger charge is -2.21. The molecule has 0 bridgehead atoms. The number of halogens is 5. The molecule has 11 heteroatoms. The van der Waals surface area contributed by atoms with Crippen LogP contribution in [-0.4, -0.2) is 17.6 Å². The second kappa shape index (κ2) is 13.1. The average molecular weight is 507 g/mol. The minimum atomic E-state index is -4.41. The zero-order valence-corrected chi connectivity index (χ0v) is 19.4. The first-order valence-corrected chi connectivity index (χ1v) is 9.65. The molecule has 2 aromatic rings. The van der Waals surface area contributed by atoms with Crippen LogP contribution in [0.1, 0.15) is 35.6 Å². The Kier molecular flexibility index (Phi) is 12.0. The van der Waals surface area contributed by atoms with E-state index in [2.05, 4.69) is 5.32 Å². The van der Waals surface area contributed by atoms with Gasteiger partial charge in [-0.25, -0.2) is 0 Å². The smallest absolute Gasteiger partial charge is 0.384 e. The molecule has 2 aromatic carbocycles. The van der Waals surface area contributed by atoms with E-state index in [4.69, 9.17) is 16.9 Å². The standard InChI is InChI=1S/C22H25F3N4O2.2ClH/c1-13(21(31)29-12-15-2-7-16(8-3-15)19(26)27)18(20(28)30)11-6-14-4-9-17(10-5-14)22(23,24)25;;/h2-5,7-10,13,18H,6,11-12H2,1H3,(H3,26,27)(H2,28,30)(H,29,31);2*1H/t13-,18?;;/m0../s1. The first-order valence-electron chi connectivity index (χ1n) is 9.65. The summed E-state index contributed by atoms with van der Waals surface area (Å²) in [5.41, 5.74) is 12.1. The van der Waals surface area contributed by atoms with Gasteiger partial charge in [0.25, 0.3) is 0 Å². The summed E-state index contributed by atoms with van der Waals surface area (Å²) in [5.74, 6) is -2.51. The van der Waals surface area contributed by atoms with Crippen LogP contribution in [0.4, 0.5) is 13.2 Å². The number of amides is 2. The fourth-order valence-corrected chi connectivity index (χ4v) is 3.16. The van der Waals surface area contributed by atoms with Gasteiger partial charge in [-0.3, -0.25) is 15.0 Å². The van der Waals surface area contributed by atoms with Gasteiger partial charge >= 0.3 is 6.18 Å². The van der Waals surface area contributed by atoms with E-state index in [1.807, 2.05) is 0 Å². The van der Waals surface area contributed by atoms with Gasteiger partial charge in [-0.2, -0.15) is 13.2 Å². The molecule has 0 heterocycles.